The van der Waals surface area contributed by atoms with Crippen LogP contribution in [-0.4, -0.2) is 26.3 Å². The Hall–Kier alpha value is -2.93. The molecular weight excluding hydrogens is 375 g/mol. The number of pyridine rings is 1. The van der Waals surface area contributed by atoms with Gasteiger partial charge in [-0.05, 0) is 61.0 Å². The quantitative estimate of drug-likeness (QED) is 0.511. The van der Waals surface area contributed by atoms with E-state index in [2.05, 4.69) is 47.6 Å². The number of carbonyl (C=O) groups is 1. The topological polar surface area (TPSA) is 59.3 Å². The van der Waals surface area contributed by atoms with Crippen molar-refractivity contribution < 1.29 is 9.18 Å². The van der Waals surface area contributed by atoms with Crippen LogP contribution in [0.1, 0.15) is 16.7 Å². The normalized spacial score (nSPS) is 11.3. The van der Waals surface area contributed by atoms with Gasteiger partial charge in [-0.25, -0.2) is 4.39 Å². The number of para-hydroxylation sites is 1. The highest BCUT2D eigenvalue weighted by atomic mass is 32.2. The van der Waals surface area contributed by atoms with Gasteiger partial charge in [0, 0.05) is 0 Å². The average Bonchev–Trinajstić information content (AvgIpc) is 3.10. The van der Waals surface area contributed by atoms with Crippen molar-refractivity contribution >= 4 is 39.9 Å². The van der Waals surface area contributed by atoms with Crippen molar-refractivity contribution in [1.82, 2.24) is 14.6 Å². The number of hydrogen-bond donors (Lipinski definition) is 1. The average molecular weight is 394 g/mol. The van der Waals surface area contributed by atoms with Crippen LogP contribution in [0.4, 0.5) is 10.1 Å². The Labute approximate surface area is 166 Å². The molecule has 4 aromatic rings. The fourth-order valence-corrected chi connectivity index (χ4v) is 3.97. The molecule has 7 heteroatoms. The van der Waals surface area contributed by atoms with Gasteiger partial charge in [0.25, 0.3) is 0 Å². The van der Waals surface area contributed by atoms with Gasteiger partial charge in [-0.1, -0.05) is 36.0 Å². The van der Waals surface area contributed by atoms with Gasteiger partial charge in [0.1, 0.15) is 5.82 Å². The molecular formula is C21H19FN4OS. The maximum Gasteiger partial charge on any atom is 0.234 e. The van der Waals surface area contributed by atoms with Crippen molar-refractivity contribution in [1.29, 1.82) is 0 Å². The molecule has 0 radical (unpaired) electrons. The maximum atomic E-state index is 13.7. The van der Waals surface area contributed by atoms with Crippen molar-refractivity contribution in [2.24, 2.45) is 0 Å². The Morgan fingerprint density at radius 2 is 1.89 bits per heavy atom. The number of thioether (sulfide) groups is 1. The summed E-state index contributed by atoms with van der Waals surface area (Å²) in [4.78, 5) is 12.3. The third kappa shape index (κ3) is 3.22. The van der Waals surface area contributed by atoms with Crippen LogP contribution in [0.5, 0.6) is 0 Å². The molecule has 2 aromatic carbocycles. The molecule has 0 bridgehead atoms. The summed E-state index contributed by atoms with van der Waals surface area (Å²) in [6.07, 6.45) is 0. The van der Waals surface area contributed by atoms with Gasteiger partial charge in [-0.15, -0.1) is 10.2 Å². The number of halogens is 1. The van der Waals surface area contributed by atoms with E-state index < -0.39 is 5.82 Å². The number of anilines is 1. The van der Waals surface area contributed by atoms with E-state index in [1.807, 2.05) is 11.3 Å². The zero-order valence-corrected chi connectivity index (χ0v) is 16.6. The van der Waals surface area contributed by atoms with E-state index in [4.69, 9.17) is 0 Å². The number of aromatic nitrogens is 3. The second-order valence-corrected chi connectivity index (χ2v) is 7.67. The third-order valence-electron chi connectivity index (χ3n) is 4.80. The molecule has 0 aliphatic carbocycles. The lowest BCUT2D eigenvalue weighted by atomic mass is 10.0. The molecule has 0 aliphatic heterocycles. The van der Waals surface area contributed by atoms with E-state index in [9.17, 15) is 9.18 Å². The van der Waals surface area contributed by atoms with Crippen molar-refractivity contribution in [2.45, 2.75) is 25.9 Å². The minimum absolute atomic E-state index is 0.107. The second kappa shape index (κ2) is 7.24. The smallest absolute Gasteiger partial charge is 0.234 e. The van der Waals surface area contributed by atoms with Crippen LogP contribution in [0.25, 0.3) is 16.6 Å². The molecule has 0 unspecified atom stereocenters. The lowest BCUT2D eigenvalue weighted by molar-refractivity contribution is -0.113. The summed E-state index contributed by atoms with van der Waals surface area (Å²) in [5.74, 6) is -0.645. The number of fused-ring (bicyclic) bond motifs is 3. The van der Waals surface area contributed by atoms with Crippen molar-refractivity contribution in [2.75, 3.05) is 11.1 Å². The summed E-state index contributed by atoms with van der Waals surface area (Å²) in [5.41, 5.74) is 5.35. The Bertz CT molecular complexity index is 1220. The number of benzene rings is 2. The van der Waals surface area contributed by atoms with E-state index in [0.717, 1.165) is 27.7 Å². The molecule has 4 rings (SSSR count). The van der Waals surface area contributed by atoms with Crippen LogP contribution >= 0.6 is 11.8 Å². The van der Waals surface area contributed by atoms with Crippen LogP contribution in [0.15, 0.2) is 47.6 Å². The van der Waals surface area contributed by atoms with Crippen LogP contribution in [0, 0.1) is 26.6 Å². The summed E-state index contributed by atoms with van der Waals surface area (Å²) >= 11 is 1.28. The summed E-state index contributed by atoms with van der Waals surface area (Å²) in [6.45, 7) is 6.14. The number of amides is 1. The highest BCUT2D eigenvalue weighted by molar-refractivity contribution is 7.99. The first-order valence-corrected chi connectivity index (χ1v) is 9.86. The monoisotopic (exact) mass is 394 g/mol. The van der Waals surface area contributed by atoms with Gasteiger partial charge in [0.05, 0.1) is 17.0 Å². The number of carbonyl (C=O) groups excluding carboxylic acids is 1. The van der Waals surface area contributed by atoms with Crippen LogP contribution in [0.2, 0.25) is 0 Å². The minimum atomic E-state index is -0.457. The lowest BCUT2D eigenvalue weighted by Gasteiger charge is -2.11. The number of nitrogens with zero attached hydrogens (tertiary/aromatic N) is 3. The Morgan fingerprint density at radius 3 is 2.68 bits per heavy atom. The number of nitrogens with one attached hydrogen (secondary N) is 1. The first-order chi connectivity index (χ1) is 13.5. The number of rotatable bonds is 4. The molecule has 5 nitrogen and oxygen atoms in total. The second-order valence-electron chi connectivity index (χ2n) is 6.73. The molecule has 0 aliphatic rings. The van der Waals surface area contributed by atoms with E-state index in [-0.39, 0.29) is 17.3 Å². The Morgan fingerprint density at radius 1 is 1.11 bits per heavy atom. The first-order valence-electron chi connectivity index (χ1n) is 8.87. The van der Waals surface area contributed by atoms with E-state index in [1.54, 1.807) is 12.1 Å². The van der Waals surface area contributed by atoms with Gasteiger partial charge in [-0.3, -0.25) is 9.20 Å². The molecule has 142 valence electrons. The van der Waals surface area contributed by atoms with E-state index in [1.165, 1.54) is 29.5 Å². The number of hydrogen-bond acceptors (Lipinski definition) is 4. The standard InChI is InChI=1S/C21H19FN4OS/c1-12-8-9-15-10-13(2)20-24-25-21(26(20)19(15)14(12)3)28-11-18(27)23-17-7-5-4-6-16(17)22/h4-10H,11H2,1-3H3,(H,23,27). The highest BCUT2D eigenvalue weighted by Gasteiger charge is 2.16. The molecule has 0 saturated heterocycles. The molecule has 2 aromatic heterocycles. The molecule has 0 atom stereocenters. The van der Waals surface area contributed by atoms with Crippen LogP contribution in [-0.2, 0) is 4.79 Å². The molecule has 1 amide bonds. The predicted molar refractivity (Wildman–Crippen MR) is 110 cm³/mol. The van der Waals surface area contributed by atoms with Gasteiger partial charge in [0.15, 0.2) is 10.8 Å². The Kier molecular flexibility index (Phi) is 4.77. The zero-order chi connectivity index (χ0) is 19.8. The summed E-state index contributed by atoms with van der Waals surface area (Å²) in [5, 5.41) is 13.0. The van der Waals surface area contributed by atoms with Gasteiger partial charge < -0.3 is 5.32 Å². The fraction of sp³-hybridized carbons (Fsp3) is 0.190. The third-order valence-corrected chi connectivity index (χ3v) is 5.72. The largest absolute Gasteiger partial charge is 0.323 e. The van der Waals surface area contributed by atoms with Crippen LogP contribution < -0.4 is 5.32 Å². The Balaban J connectivity index is 1.67. The fourth-order valence-electron chi connectivity index (χ4n) is 3.23. The first kappa shape index (κ1) is 18.4. The summed E-state index contributed by atoms with van der Waals surface area (Å²) < 4.78 is 15.7. The van der Waals surface area contributed by atoms with Gasteiger partial charge >= 0.3 is 0 Å². The summed E-state index contributed by atoms with van der Waals surface area (Å²) in [6, 6.07) is 12.4. The predicted octanol–water partition coefficient (Wildman–Crippen LogP) is 4.68. The van der Waals surface area contributed by atoms with Crippen molar-refractivity contribution in [3.05, 3.63) is 65.0 Å². The lowest BCUT2D eigenvalue weighted by Crippen LogP contribution is -2.15. The van der Waals surface area contributed by atoms with Crippen molar-refractivity contribution in [3.8, 4) is 0 Å². The van der Waals surface area contributed by atoms with Crippen molar-refractivity contribution in [3.63, 3.8) is 0 Å². The molecule has 2 heterocycles. The SMILES string of the molecule is Cc1ccc2cc(C)c3nnc(SCC(=O)Nc4ccccc4F)n3c2c1C. The van der Waals surface area contributed by atoms with Gasteiger partial charge in [0.2, 0.25) is 5.91 Å². The van der Waals surface area contributed by atoms with E-state index >= 15 is 0 Å². The molecule has 0 spiro atoms. The minimum Gasteiger partial charge on any atom is -0.323 e. The zero-order valence-electron chi connectivity index (χ0n) is 15.8. The van der Waals surface area contributed by atoms with E-state index in [0.29, 0.717) is 5.16 Å². The molecule has 0 fully saturated rings. The molecule has 1 N–H and O–H groups in total. The summed E-state index contributed by atoms with van der Waals surface area (Å²) in [7, 11) is 0. The maximum absolute atomic E-state index is 13.7. The highest BCUT2D eigenvalue weighted by Crippen LogP contribution is 2.29. The van der Waals surface area contributed by atoms with Gasteiger partial charge in [-0.2, -0.15) is 0 Å². The molecule has 0 saturated carbocycles. The number of aryl methyl sites for hydroxylation is 3. The van der Waals surface area contributed by atoms with Crippen LogP contribution in [0.3, 0.4) is 0 Å². The molecule has 28 heavy (non-hydrogen) atoms.